The summed E-state index contributed by atoms with van der Waals surface area (Å²) in [5, 5.41) is 26.9. The fourth-order valence-electron chi connectivity index (χ4n) is 7.32. The van der Waals surface area contributed by atoms with Crippen molar-refractivity contribution in [1.82, 2.24) is 19.6 Å². The zero-order valence-electron chi connectivity index (χ0n) is 40.9. The molecule has 0 aliphatic rings. The third-order valence-corrected chi connectivity index (χ3v) is 11.5. The maximum absolute atomic E-state index is 12.7. The van der Waals surface area contributed by atoms with Gasteiger partial charge in [-0.25, -0.2) is 19.2 Å². The Kier molecular flexibility index (Phi) is 20.2. The molecule has 0 unspecified atom stereocenters. The van der Waals surface area contributed by atoms with Gasteiger partial charge in [0.25, 0.3) is 0 Å². The van der Waals surface area contributed by atoms with E-state index in [0.29, 0.717) is 39.0 Å². The zero-order valence-corrected chi connectivity index (χ0v) is 46.0. The Hall–Kier alpha value is -5.98. The van der Waals surface area contributed by atoms with Crippen LogP contribution in [0.2, 0.25) is 0 Å². The molecule has 8 rings (SSSR count). The number of carboxylic acid groups (broad SMARTS) is 1. The maximum atomic E-state index is 12.7. The number of aliphatic hydroxyl groups is 1. The number of carbonyl (C=O) groups is 4. The molecule has 71 heavy (non-hydrogen) atoms. The van der Waals surface area contributed by atoms with Crippen molar-refractivity contribution in [2.75, 3.05) is 14.2 Å². The van der Waals surface area contributed by atoms with E-state index in [2.05, 4.69) is 42.1 Å². The number of ether oxygens (including phenoxy) is 3. The smallest absolute Gasteiger partial charge is 0.870 e. The maximum Gasteiger partial charge on any atom is 1.00 e. The third-order valence-electron chi connectivity index (χ3n) is 10.4. The first-order valence-corrected chi connectivity index (χ1v) is 23.3. The van der Waals surface area contributed by atoms with Crippen molar-refractivity contribution in [3.05, 3.63) is 176 Å². The van der Waals surface area contributed by atoms with Crippen LogP contribution in [0.3, 0.4) is 0 Å². The number of nitrogens with zero attached hydrogens (tertiary/aromatic N) is 4. The number of halogens is 2. The molecular weight excluding hydrogens is 1050 g/mol. The molecule has 6 aromatic carbocycles. The fourth-order valence-corrected chi connectivity index (χ4v) is 8.33. The Morgan fingerprint density at radius 3 is 1.28 bits per heavy atom. The van der Waals surface area contributed by atoms with Crippen molar-refractivity contribution < 1.29 is 78.6 Å². The van der Waals surface area contributed by atoms with Crippen LogP contribution < -0.4 is 29.6 Å². The average Bonchev–Trinajstić information content (AvgIpc) is 3.81. The number of aliphatic hydroxyl groups excluding tert-OH is 1. The quantitative estimate of drug-likeness (QED) is 0.0750. The van der Waals surface area contributed by atoms with Gasteiger partial charge in [0.2, 0.25) is 0 Å². The second-order valence-corrected chi connectivity index (χ2v) is 19.1. The van der Waals surface area contributed by atoms with E-state index in [1.807, 2.05) is 142 Å². The molecule has 14 nitrogen and oxygen atoms in total. The number of hydrogen-bond acceptors (Lipinski definition) is 11. The molecule has 3 N–H and O–H groups in total. The number of esters is 3. The summed E-state index contributed by atoms with van der Waals surface area (Å²) in [6.45, 7) is 12.2. The predicted molar refractivity (Wildman–Crippen MR) is 276 cm³/mol. The van der Waals surface area contributed by atoms with Crippen molar-refractivity contribution >= 4 is 77.5 Å². The van der Waals surface area contributed by atoms with Crippen LogP contribution in [0.4, 0.5) is 0 Å². The van der Waals surface area contributed by atoms with Gasteiger partial charge >= 0.3 is 53.4 Å². The van der Waals surface area contributed by atoms with Gasteiger partial charge in [-0.15, -0.1) is 0 Å². The van der Waals surface area contributed by atoms with Crippen LogP contribution in [0.15, 0.2) is 143 Å². The van der Waals surface area contributed by atoms with Crippen molar-refractivity contribution in [3.63, 3.8) is 0 Å². The van der Waals surface area contributed by atoms with Crippen LogP contribution in [-0.2, 0) is 27.3 Å². The predicted octanol–water partition coefficient (Wildman–Crippen LogP) is 8.86. The molecule has 0 bridgehead atoms. The van der Waals surface area contributed by atoms with E-state index in [-0.39, 0.29) is 58.5 Å². The van der Waals surface area contributed by atoms with E-state index >= 15 is 0 Å². The topological polar surface area (TPSA) is 202 Å². The van der Waals surface area contributed by atoms with Crippen LogP contribution in [0, 0.1) is 0 Å². The number of carboxylic acids is 1. The Morgan fingerprint density at radius 1 is 0.549 bits per heavy atom. The average molecular weight is 1100 g/mol. The van der Waals surface area contributed by atoms with Gasteiger partial charge < -0.3 is 29.9 Å². The Labute approximate surface area is 450 Å². The van der Waals surface area contributed by atoms with E-state index in [1.165, 1.54) is 7.11 Å². The first kappa shape index (κ1) is 57.6. The summed E-state index contributed by atoms with van der Waals surface area (Å²) in [6, 6.07) is 41.1. The summed E-state index contributed by atoms with van der Waals surface area (Å²) < 4.78 is 20.9. The summed E-state index contributed by atoms with van der Waals surface area (Å²) in [7, 11) is 2.36. The van der Waals surface area contributed by atoms with E-state index in [1.54, 1.807) is 42.5 Å². The monoisotopic (exact) mass is 1100 g/mol. The second-order valence-electron chi connectivity index (χ2n) is 17.6. The fraction of sp³-hybridized carbons (Fsp3) is 0.222. The number of rotatable bonds is 10. The molecule has 0 saturated carbocycles. The van der Waals surface area contributed by atoms with Crippen LogP contribution >= 0.6 is 31.9 Å². The third kappa shape index (κ3) is 14.6. The molecule has 0 saturated heterocycles. The number of aromatic carboxylic acids is 1. The Bertz CT molecular complexity index is 3160. The summed E-state index contributed by atoms with van der Waals surface area (Å²) in [4.78, 5) is 48.5. The van der Waals surface area contributed by atoms with Gasteiger partial charge in [-0.3, -0.25) is 9.36 Å². The number of hydrogen-bond donors (Lipinski definition) is 2. The molecule has 0 aliphatic heterocycles. The van der Waals surface area contributed by atoms with Gasteiger partial charge in [-0.1, -0.05) is 84.9 Å². The van der Waals surface area contributed by atoms with Crippen LogP contribution in [-0.4, -0.2) is 84.5 Å². The number of carbonyl (C=O) groups excluding carboxylic acids is 3. The molecule has 0 amide bonds. The number of fused-ring (bicyclic) bond motifs is 2. The standard InChI is InChI=1S/C27H25BrN2O4.C26H23BrN2O4.CH4O.Na.H2O/c1-27(2,3)34-26(32)21-8-6-5-7-20(21)18-11-9-17(10-12-18)16-30-23-14-13-19(25(31)33-4)15-22(23)24(28)29-30;1-26(2,3)33-25(32)20-7-5-4-6-19(20)17-10-8-16(9-11-17)15-29-22-13-12-18(24(30)31)14-21(22)23(27)28-29;1-2;;/h5-15H,16H2,1-4H3;4-14H,15H2,1-3H3,(H,30,31);2H,1H3;;1H2/q;;;+1;/p-1. The molecule has 0 radical (unpaired) electrons. The van der Waals surface area contributed by atoms with Gasteiger partial charge in [0.1, 0.15) is 20.4 Å². The molecule has 2 heterocycles. The minimum Gasteiger partial charge on any atom is -0.870 e. The van der Waals surface area contributed by atoms with E-state index < -0.39 is 17.2 Å². The van der Waals surface area contributed by atoms with Crippen LogP contribution in [0.25, 0.3) is 44.1 Å². The van der Waals surface area contributed by atoms with Gasteiger partial charge in [0, 0.05) is 17.9 Å². The normalized spacial score (nSPS) is 10.9. The van der Waals surface area contributed by atoms with E-state index in [9.17, 15) is 24.3 Å². The number of methoxy groups -OCH3 is 1. The van der Waals surface area contributed by atoms with Crippen LogP contribution in [0.1, 0.15) is 94.1 Å². The van der Waals surface area contributed by atoms with Crippen molar-refractivity contribution in [2.24, 2.45) is 0 Å². The minimum absolute atomic E-state index is 0. The number of benzene rings is 6. The van der Waals surface area contributed by atoms with Crippen LogP contribution in [0.5, 0.6) is 0 Å². The SMILES string of the molecule is CC(C)(C)OC(=O)c1ccccc1-c1ccc(Cn2nc(Br)c3cc(C(=O)O)ccc32)cc1.CO.COC(=O)c1ccc2c(c1)c(Br)nn2Cc1ccc(-c2ccccc2C(=O)OC(C)(C)C)cc1.[Na+].[OH-]. The van der Waals surface area contributed by atoms with Gasteiger partial charge in [0.15, 0.2) is 0 Å². The molecule has 8 aromatic rings. The first-order chi connectivity index (χ1) is 32.8. The summed E-state index contributed by atoms with van der Waals surface area (Å²) in [5.74, 6) is -2.05. The van der Waals surface area contributed by atoms with Gasteiger partial charge in [-0.05, 0) is 155 Å². The first-order valence-electron chi connectivity index (χ1n) is 21.7. The van der Waals surface area contributed by atoms with Crippen molar-refractivity contribution in [1.29, 1.82) is 0 Å². The van der Waals surface area contributed by atoms with E-state index in [4.69, 9.17) is 19.3 Å². The van der Waals surface area contributed by atoms with Crippen molar-refractivity contribution in [3.8, 4) is 22.3 Å². The Morgan fingerprint density at radius 2 is 0.915 bits per heavy atom. The minimum atomic E-state index is -0.973. The zero-order chi connectivity index (χ0) is 50.2. The molecule has 364 valence electrons. The molecule has 0 spiro atoms. The van der Waals surface area contributed by atoms with Gasteiger partial charge in [-0.2, -0.15) is 10.2 Å². The largest absolute Gasteiger partial charge is 1.00 e. The Balaban J connectivity index is 0.000000290. The van der Waals surface area contributed by atoms with Crippen molar-refractivity contribution in [2.45, 2.75) is 65.8 Å². The summed E-state index contributed by atoms with van der Waals surface area (Å²) in [5.41, 5.74) is 7.91. The molecule has 2 aromatic heterocycles. The van der Waals surface area contributed by atoms with Gasteiger partial charge in [0.05, 0.1) is 53.5 Å². The number of aromatic nitrogens is 4. The molecule has 0 atom stereocenters. The molecule has 17 heteroatoms. The second kappa shape index (κ2) is 24.9. The molecule has 0 fully saturated rings. The molecule has 0 aliphatic carbocycles. The molecular formula is C54H53Br2N4NaO10. The summed E-state index contributed by atoms with van der Waals surface area (Å²) in [6.07, 6.45) is 0. The van der Waals surface area contributed by atoms with E-state index in [0.717, 1.165) is 62.3 Å². The summed E-state index contributed by atoms with van der Waals surface area (Å²) >= 11 is 6.92.